The Bertz CT molecular complexity index is 383. The van der Waals surface area contributed by atoms with Crippen molar-refractivity contribution in [3.63, 3.8) is 0 Å². The Labute approximate surface area is 95.0 Å². The number of rotatable bonds is 3. The molecule has 1 aliphatic heterocycles. The van der Waals surface area contributed by atoms with E-state index >= 15 is 0 Å². The zero-order valence-electron chi connectivity index (χ0n) is 9.77. The van der Waals surface area contributed by atoms with Crippen LogP contribution < -0.4 is 4.74 Å². The van der Waals surface area contributed by atoms with Crippen molar-refractivity contribution in [2.45, 2.75) is 26.8 Å². The van der Waals surface area contributed by atoms with E-state index in [1.165, 1.54) is 0 Å². The Morgan fingerprint density at radius 2 is 2.31 bits per heavy atom. The van der Waals surface area contributed by atoms with E-state index in [0.29, 0.717) is 31.1 Å². The maximum atomic E-state index is 12.1. The summed E-state index contributed by atoms with van der Waals surface area (Å²) in [5.41, 5.74) is 0.586. The molecular formula is C11H17N3O2. The van der Waals surface area contributed by atoms with Gasteiger partial charge in [0.1, 0.15) is 5.56 Å². The SMILES string of the molecule is CCN(CC)C(=O)c1cnn2c1OCCC2. The van der Waals surface area contributed by atoms with E-state index in [0.717, 1.165) is 13.0 Å². The standard InChI is InChI=1S/C11H17N3O2/c1-3-13(4-2)10(15)9-8-12-14-6-5-7-16-11(9)14/h8H,3-7H2,1-2H3. The van der Waals surface area contributed by atoms with Crippen LogP contribution in [0.4, 0.5) is 0 Å². The molecule has 0 unspecified atom stereocenters. The maximum absolute atomic E-state index is 12.1. The molecule has 1 amide bonds. The Morgan fingerprint density at radius 1 is 1.56 bits per heavy atom. The molecule has 0 aliphatic carbocycles. The number of carbonyl (C=O) groups is 1. The van der Waals surface area contributed by atoms with Gasteiger partial charge in [-0.3, -0.25) is 4.79 Å². The largest absolute Gasteiger partial charge is 0.477 e. The van der Waals surface area contributed by atoms with Crippen LogP contribution in [0, 0.1) is 0 Å². The van der Waals surface area contributed by atoms with E-state index in [2.05, 4.69) is 5.10 Å². The molecule has 1 aromatic heterocycles. The molecule has 0 N–H and O–H groups in total. The van der Waals surface area contributed by atoms with Crippen molar-refractivity contribution in [3.8, 4) is 5.88 Å². The van der Waals surface area contributed by atoms with Gasteiger partial charge in [0, 0.05) is 26.1 Å². The van der Waals surface area contributed by atoms with Crippen LogP contribution in [0.1, 0.15) is 30.6 Å². The lowest BCUT2D eigenvalue weighted by Gasteiger charge is -2.20. The molecule has 2 rings (SSSR count). The Morgan fingerprint density at radius 3 is 3.00 bits per heavy atom. The summed E-state index contributed by atoms with van der Waals surface area (Å²) in [6, 6.07) is 0. The number of hydrogen-bond donors (Lipinski definition) is 0. The van der Waals surface area contributed by atoms with Crippen molar-refractivity contribution in [1.29, 1.82) is 0 Å². The first-order chi connectivity index (χ1) is 7.77. The second-order valence-electron chi connectivity index (χ2n) is 3.77. The fraction of sp³-hybridized carbons (Fsp3) is 0.636. The predicted octanol–water partition coefficient (Wildman–Crippen LogP) is 1.15. The molecule has 0 atom stereocenters. The van der Waals surface area contributed by atoms with Crippen molar-refractivity contribution in [3.05, 3.63) is 11.8 Å². The van der Waals surface area contributed by atoms with Gasteiger partial charge in [-0.15, -0.1) is 0 Å². The van der Waals surface area contributed by atoms with Crippen molar-refractivity contribution in [2.24, 2.45) is 0 Å². The summed E-state index contributed by atoms with van der Waals surface area (Å²) in [6.07, 6.45) is 2.56. The molecule has 5 nitrogen and oxygen atoms in total. The third-order valence-corrected chi connectivity index (χ3v) is 2.83. The lowest BCUT2D eigenvalue weighted by Crippen LogP contribution is -2.31. The van der Waals surface area contributed by atoms with E-state index in [1.807, 2.05) is 13.8 Å². The summed E-state index contributed by atoms with van der Waals surface area (Å²) < 4.78 is 7.27. The highest BCUT2D eigenvalue weighted by molar-refractivity contribution is 5.96. The van der Waals surface area contributed by atoms with E-state index in [1.54, 1.807) is 15.8 Å². The molecule has 1 aliphatic rings. The minimum absolute atomic E-state index is 0.00755. The first-order valence-electron chi connectivity index (χ1n) is 5.75. The second-order valence-corrected chi connectivity index (χ2v) is 3.77. The number of ether oxygens (including phenoxy) is 1. The maximum Gasteiger partial charge on any atom is 0.260 e. The van der Waals surface area contributed by atoms with Gasteiger partial charge in [0.25, 0.3) is 5.91 Å². The number of carbonyl (C=O) groups excluding carboxylic acids is 1. The van der Waals surface area contributed by atoms with Gasteiger partial charge in [-0.2, -0.15) is 5.10 Å². The lowest BCUT2D eigenvalue weighted by molar-refractivity contribution is 0.0766. The van der Waals surface area contributed by atoms with Crippen molar-refractivity contribution >= 4 is 5.91 Å². The van der Waals surface area contributed by atoms with Crippen LogP contribution in [-0.4, -0.2) is 40.3 Å². The molecule has 0 spiro atoms. The first-order valence-corrected chi connectivity index (χ1v) is 5.75. The smallest absolute Gasteiger partial charge is 0.260 e. The average Bonchev–Trinajstić information content (AvgIpc) is 2.74. The van der Waals surface area contributed by atoms with Crippen molar-refractivity contribution < 1.29 is 9.53 Å². The number of nitrogens with zero attached hydrogens (tertiary/aromatic N) is 3. The summed E-state index contributed by atoms with van der Waals surface area (Å²) in [5, 5.41) is 4.17. The van der Waals surface area contributed by atoms with Crippen LogP contribution in [0.15, 0.2) is 6.20 Å². The topological polar surface area (TPSA) is 47.4 Å². The van der Waals surface area contributed by atoms with Crippen molar-refractivity contribution in [2.75, 3.05) is 19.7 Å². The summed E-state index contributed by atoms with van der Waals surface area (Å²) in [6.45, 7) is 6.86. The highest BCUT2D eigenvalue weighted by Gasteiger charge is 2.24. The van der Waals surface area contributed by atoms with Gasteiger partial charge in [0.2, 0.25) is 5.88 Å². The number of amides is 1. The normalized spacial score (nSPS) is 14.1. The van der Waals surface area contributed by atoms with Crippen LogP contribution in [0.25, 0.3) is 0 Å². The number of aryl methyl sites for hydroxylation is 1. The lowest BCUT2D eigenvalue weighted by atomic mass is 10.2. The fourth-order valence-electron chi connectivity index (χ4n) is 1.90. The van der Waals surface area contributed by atoms with Crippen LogP contribution in [0.5, 0.6) is 5.88 Å². The Kier molecular flexibility index (Phi) is 3.12. The molecule has 0 bridgehead atoms. The van der Waals surface area contributed by atoms with Gasteiger partial charge in [-0.1, -0.05) is 0 Å². The molecule has 2 heterocycles. The van der Waals surface area contributed by atoms with Crippen LogP contribution >= 0.6 is 0 Å². The third kappa shape index (κ3) is 1.77. The molecule has 0 radical (unpaired) electrons. The minimum atomic E-state index is 0.00755. The number of hydrogen-bond acceptors (Lipinski definition) is 3. The predicted molar refractivity (Wildman–Crippen MR) is 59.6 cm³/mol. The quantitative estimate of drug-likeness (QED) is 0.772. The van der Waals surface area contributed by atoms with Gasteiger partial charge in [-0.25, -0.2) is 4.68 Å². The third-order valence-electron chi connectivity index (χ3n) is 2.83. The molecular weight excluding hydrogens is 206 g/mol. The van der Waals surface area contributed by atoms with E-state index < -0.39 is 0 Å². The number of aromatic nitrogens is 2. The van der Waals surface area contributed by atoms with Gasteiger partial charge in [-0.05, 0) is 13.8 Å². The molecule has 1 aromatic rings. The average molecular weight is 223 g/mol. The summed E-state index contributed by atoms with van der Waals surface area (Å²) in [7, 11) is 0. The molecule has 0 saturated carbocycles. The number of fused-ring (bicyclic) bond motifs is 1. The van der Waals surface area contributed by atoms with Gasteiger partial charge >= 0.3 is 0 Å². The molecule has 0 fully saturated rings. The van der Waals surface area contributed by atoms with Gasteiger partial charge in [0.15, 0.2) is 0 Å². The van der Waals surface area contributed by atoms with E-state index in [9.17, 15) is 4.79 Å². The van der Waals surface area contributed by atoms with Crippen LogP contribution in [-0.2, 0) is 6.54 Å². The van der Waals surface area contributed by atoms with Crippen LogP contribution in [0.3, 0.4) is 0 Å². The summed E-state index contributed by atoms with van der Waals surface area (Å²) >= 11 is 0. The molecule has 16 heavy (non-hydrogen) atoms. The summed E-state index contributed by atoms with van der Waals surface area (Å²) in [4.78, 5) is 13.9. The minimum Gasteiger partial charge on any atom is -0.477 e. The first kappa shape index (κ1) is 11.0. The monoisotopic (exact) mass is 223 g/mol. The molecule has 5 heteroatoms. The van der Waals surface area contributed by atoms with Crippen molar-refractivity contribution in [1.82, 2.24) is 14.7 Å². The molecule has 0 aromatic carbocycles. The summed E-state index contributed by atoms with van der Waals surface area (Å²) in [5.74, 6) is 0.635. The van der Waals surface area contributed by atoms with E-state index in [-0.39, 0.29) is 5.91 Å². The zero-order valence-corrected chi connectivity index (χ0v) is 9.77. The molecule has 88 valence electrons. The van der Waals surface area contributed by atoms with Crippen LogP contribution in [0.2, 0.25) is 0 Å². The second kappa shape index (κ2) is 4.55. The zero-order chi connectivity index (χ0) is 11.5. The highest BCUT2D eigenvalue weighted by atomic mass is 16.5. The Balaban J connectivity index is 2.26. The fourth-order valence-corrected chi connectivity index (χ4v) is 1.90. The Hall–Kier alpha value is -1.52. The highest BCUT2D eigenvalue weighted by Crippen LogP contribution is 2.23. The van der Waals surface area contributed by atoms with E-state index in [4.69, 9.17) is 4.74 Å². The van der Waals surface area contributed by atoms with Gasteiger partial charge in [0.05, 0.1) is 12.8 Å². The molecule has 0 saturated heterocycles. The van der Waals surface area contributed by atoms with Gasteiger partial charge < -0.3 is 9.64 Å².